The first-order valence-corrected chi connectivity index (χ1v) is 10.6. The summed E-state index contributed by atoms with van der Waals surface area (Å²) in [6.07, 6.45) is 1.05. The standard InChI is InChI=1S/C19H23ClN2O4S/c1-13(2)26-18-10-6-8-16(12-18)21-19(23)14(3)22(27(4,24)25)17-9-5-7-15(20)11-17/h5-14H,1-4H3,(H,21,23)/t14-/m1/s1. The van der Waals surface area contributed by atoms with Crippen LogP contribution in [0.2, 0.25) is 5.02 Å². The zero-order valence-corrected chi connectivity index (χ0v) is 17.2. The first-order valence-electron chi connectivity index (χ1n) is 8.40. The number of benzene rings is 2. The fraction of sp³-hybridized carbons (Fsp3) is 0.316. The number of rotatable bonds is 7. The van der Waals surface area contributed by atoms with E-state index in [2.05, 4.69) is 5.32 Å². The molecule has 0 aliphatic heterocycles. The van der Waals surface area contributed by atoms with E-state index in [1.165, 1.54) is 13.0 Å². The fourth-order valence-electron chi connectivity index (χ4n) is 2.59. The zero-order valence-electron chi connectivity index (χ0n) is 15.6. The Balaban J connectivity index is 2.25. The molecule has 0 heterocycles. The second kappa shape index (κ2) is 8.63. The van der Waals surface area contributed by atoms with E-state index < -0.39 is 22.0 Å². The van der Waals surface area contributed by atoms with Crippen molar-refractivity contribution in [1.82, 2.24) is 0 Å². The van der Waals surface area contributed by atoms with Crippen LogP contribution in [0.15, 0.2) is 48.5 Å². The lowest BCUT2D eigenvalue weighted by Crippen LogP contribution is -2.45. The highest BCUT2D eigenvalue weighted by molar-refractivity contribution is 7.92. The van der Waals surface area contributed by atoms with Crippen LogP contribution in [0.5, 0.6) is 5.75 Å². The molecule has 0 saturated heterocycles. The molecule has 0 fully saturated rings. The molecule has 2 aromatic rings. The molecule has 0 spiro atoms. The Kier molecular flexibility index (Phi) is 6.73. The molecule has 0 unspecified atom stereocenters. The largest absolute Gasteiger partial charge is 0.491 e. The van der Waals surface area contributed by atoms with Gasteiger partial charge in [0.25, 0.3) is 0 Å². The summed E-state index contributed by atoms with van der Waals surface area (Å²) in [5, 5.41) is 3.12. The molecular formula is C19H23ClN2O4S. The SMILES string of the molecule is CC(C)Oc1cccc(NC(=O)[C@@H](C)N(c2cccc(Cl)c2)S(C)(=O)=O)c1. The molecule has 0 saturated carbocycles. The molecule has 1 amide bonds. The summed E-state index contributed by atoms with van der Waals surface area (Å²) in [4.78, 5) is 12.7. The third-order valence-corrected chi connectivity index (χ3v) is 5.10. The lowest BCUT2D eigenvalue weighted by atomic mass is 10.2. The number of nitrogens with one attached hydrogen (secondary N) is 1. The van der Waals surface area contributed by atoms with Gasteiger partial charge in [0.15, 0.2) is 0 Å². The highest BCUT2D eigenvalue weighted by Crippen LogP contribution is 2.25. The highest BCUT2D eigenvalue weighted by Gasteiger charge is 2.29. The molecule has 0 aromatic heterocycles. The van der Waals surface area contributed by atoms with Crippen molar-refractivity contribution in [1.29, 1.82) is 0 Å². The molecule has 0 bridgehead atoms. The van der Waals surface area contributed by atoms with E-state index in [0.29, 0.717) is 22.1 Å². The van der Waals surface area contributed by atoms with Crippen molar-refractivity contribution in [3.05, 3.63) is 53.6 Å². The second-order valence-corrected chi connectivity index (χ2v) is 8.69. The Morgan fingerprint density at radius 1 is 1.11 bits per heavy atom. The van der Waals surface area contributed by atoms with Crippen molar-refractivity contribution >= 4 is 38.9 Å². The quantitative estimate of drug-likeness (QED) is 0.750. The minimum Gasteiger partial charge on any atom is -0.491 e. The monoisotopic (exact) mass is 410 g/mol. The summed E-state index contributed by atoms with van der Waals surface area (Å²) in [6.45, 7) is 5.33. The Bertz CT molecular complexity index is 915. The van der Waals surface area contributed by atoms with Crippen LogP contribution in [0.3, 0.4) is 0 Å². The van der Waals surface area contributed by atoms with E-state index in [1.807, 2.05) is 13.8 Å². The summed E-state index contributed by atoms with van der Waals surface area (Å²) < 4.78 is 31.3. The minimum absolute atomic E-state index is 0.00145. The van der Waals surface area contributed by atoms with E-state index in [0.717, 1.165) is 10.6 Å². The number of carbonyl (C=O) groups excluding carboxylic acids is 1. The van der Waals surface area contributed by atoms with Crippen LogP contribution >= 0.6 is 11.6 Å². The van der Waals surface area contributed by atoms with Gasteiger partial charge in [0, 0.05) is 16.8 Å². The van der Waals surface area contributed by atoms with Gasteiger partial charge in [0.05, 0.1) is 18.0 Å². The Labute approximate surface area is 165 Å². The maximum atomic E-state index is 12.7. The minimum atomic E-state index is -3.71. The van der Waals surface area contributed by atoms with Crippen molar-refractivity contribution in [2.75, 3.05) is 15.9 Å². The van der Waals surface area contributed by atoms with Crippen molar-refractivity contribution in [2.45, 2.75) is 32.9 Å². The van der Waals surface area contributed by atoms with E-state index in [-0.39, 0.29) is 6.10 Å². The van der Waals surface area contributed by atoms with Crippen LogP contribution < -0.4 is 14.4 Å². The van der Waals surface area contributed by atoms with Crippen LogP contribution in [0.4, 0.5) is 11.4 Å². The van der Waals surface area contributed by atoms with Crippen molar-refractivity contribution in [3.63, 3.8) is 0 Å². The predicted octanol–water partition coefficient (Wildman–Crippen LogP) is 3.92. The number of anilines is 2. The highest BCUT2D eigenvalue weighted by atomic mass is 35.5. The van der Waals surface area contributed by atoms with Crippen molar-refractivity contribution in [2.24, 2.45) is 0 Å². The number of halogens is 1. The number of nitrogens with zero attached hydrogens (tertiary/aromatic N) is 1. The van der Waals surface area contributed by atoms with Gasteiger partial charge in [-0.2, -0.15) is 0 Å². The number of carbonyl (C=O) groups is 1. The van der Waals surface area contributed by atoms with Gasteiger partial charge in [-0.3, -0.25) is 9.10 Å². The summed E-state index contributed by atoms with van der Waals surface area (Å²) in [6, 6.07) is 12.3. The maximum Gasteiger partial charge on any atom is 0.247 e. The van der Waals surface area contributed by atoms with Crippen LogP contribution in [0.1, 0.15) is 20.8 Å². The molecule has 27 heavy (non-hydrogen) atoms. The van der Waals surface area contributed by atoms with Gasteiger partial charge in [-0.1, -0.05) is 23.7 Å². The van der Waals surface area contributed by atoms with Crippen LogP contribution in [0, 0.1) is 0 Å². The van der Waals surface area contributed by atoms with Crippen LogP contribution in [-0.4, -0.2) is 32.7 Å². The third kappa shape index (κ3) is 5.87. The number of hydrogen-bond donors (Lipinski definition) is 1. The lowest BCUT2D eigenvalue weighted by Gasteiger charge is -2.28. The molecule has 1 atom stereocenters. The van der Waals surface area contributed by atoms with Gasteiger partial charge in [0.2, 0.25) is 15.9 Å². The van der Waals surface area contributed by atoms with E-state index in [1.54, 1.807) is 42.5 Å². The van der Waals surface area contributed by atoms with Crippen molar-refractivity contribution in [3.8, 4) is 5.75 Å². The van der Waals surface area contributed by atoms with Gasteiger partial charge in [-0.25, -0.2) is 8.42 Å². The fourth-order valence-corrected chi connectivity index (χ4v) is 3.94. The molecular weight excluding hydrogens is 388 g/mol. The Morgan fingerprint density at radius 2 is 1.78 bits per heavy atom. The molecule has 146 valence electrons. The maximum absolute atomic E-state index is 12.7. The average Bonchev–Trinajstić information content (AvgIpc) is 2.53. The first-order chi connectivity index (χ1) is 12.6. The predicted molar refractivity (Wildman–Crippen MR) is 109 cm³/mol. The van der Waals surface area contributed by atoms with Crippen molar-refractivity contribution < 1.29 is 17.9 Å². The van der Waals surface area contributed by atoms with E-state index in [4.69, 9.17) is 16.3 Å². The summed E-state index contributed by atoms with van der Waals surface area (Å²) in [7, 11) is -3.71. The molecule has 0 aliphatic carbocycles. The van der Waals surface area contributed by atoms with Gasteiger partial charge < -0.3 is 10.1 Å². The number of ether oxygens (including phenoxy) is 1. The molecule has 0 aliphatic rings. The molecule has 1 N–H and O–H groups in total. The summed E-state index contributed by atoms with van der Waals surface area (Å²) >= 11 is 5.98. The summed E-state index contributed by atoms with van der Waals surface area (Å²) in [5.74, 6) is 0.146. The Hall–Kier alpha value is -2.25. The normalized spacial score (nSPS) is 12.5. The molecule has 6 nitrogen and oxygen atoms in total. The molecule has 2 rings (SSSR count). The lowest BCUT2D eigenvalue weighted by molar-refractivity contribution is -0.116. The Morgan fingerprint density at radius 3 is 2.37 bits per heavy atom. The first kappa shape index (κ1) is 21.1. The molecule has 2 aromatic carbocycles. The average molecular weight is 411 g/mol. The number of hydrogen-bond acceptors (Lipinski definition) is 4. The number of amides is 1. The third-order valence-electron chi connectivity index (χ3n) is 3.62. The molecule has 0 radical (unpaired) electrons. The van der Waals surface area contributed by atoms with Crippen LogP contribution in [-0.2, 0) is 14.8 Å². The number of sulfonamides is 1. The molecule has 8 heteroatoms. The summed E-state index contributed by atoms with van der Waals surface area (Å²) in [5.41, 5.74) is 0.842. The van der Waals surface area contributed by atoms with E-state index in [9.17, 15) is 13.2 Å². The van der Waals surface area contributed by atoms with Gasteiger partial charge in [-0.05, 0) is 51.1 Å². The zero-order chi connectivity index (χ0) is 20.2. The van der Waals surface area contributed by atoms with E-state index >= 15 is 0 Å². The van der Waals surface area contributed by atoms with Gasteiger partial charge in [0.1, 0.15) is 11.8 Å². The van der Waals surface area contributed by atoms with Crippen LogP contribution in [0.25, 0.3) is 0 Å². The van der Waals surface area contributed by atoms with Gasteiger partial charge in [-0.15, -0.1) is 0 Å². The smallest absolute Gasteiger partial charge is 0.247 e. The second-order valence-electron chi connectivity index (χ2n) is 6.40. The topological polar surface area (TPSA) is 75.7 Å². The van der Waals surface area contributed by atoms with Gasteiger partial charge >= 0.3 is 0 Å².